The number of ether oxygens (including phenoxy) is 1. The van der Waals surface area contributed by atoms with Crippen molar-refractivity contribution >= 4 is 5.69 Å². The molecule has 0 aliphatic carbocycles. The quantitative estimate of drug-likeness (QED) is 0.671. The molecular weight excluding hydrogens is 298 g/mol. The molecule has 0 radical (unpaired) electrons. The highest BCUT2D eigenvalue weighted by Gasteiger charge is 2.06. The van der Waals surface area contributed by atoms with Crippen LogP contribution in [0.25, 0.3) is 5.69 Å². The Labute approximate surface area is 130 Å². The Morgan fingerprint density at radius 1 is 1.22 bits per heavy atom. The molecule has 0 amide bonds. The summed E-state index contributed by atoms with van der Waals surface area (Å²) in [5.41, 5.74) is 1.12. The molecule has 0 aliphatic heterocycles. The van der Waals surface area contributed by atoms with E-state index in [2.05, 4.69) is 15.4 Å². The fourth-order valence-corrected chi connectivity index (χ4v) is 1.97. The highest BCUT2D eigenvalue weighted by Crippen LogP contribution is 2.18. The van der Waals surface area contributed by atoms with E-state index in [1.807, 2.05) is 0 Å². The van der Waals surface area contributed by atoms with Crippen LogP contribution in [0.5, 0.6) is 5.75 Å². The van der Waals surface area contributed by atoms with Gasteiger partial charge in [0.2, 0.25) is 5.43 Å². The van der Waals surface area contributed by atoms with Gasteiger partial charge in [0.05, 0.1) is 12.4 Å². The maximum atomic E-state index is 11.9. The molecule has 0 aliphatic rings. The molecule has 8 nitrogen and oxygen atoms in total. The summed E-state index contributed by atoms with van der Waals surface area (Å²) < 4.78 is 8.74. The van der Waals surface area contributed by atoms with Crippen LogP contribution in [0.4, 0.5) is 5.69 Å². The lowest BCUT2D eigenvalue weighted by Crippen LogP contribution is -2.17. The molecule has 0 spiro atoms. The zero-order valence-corrected chi connectivity index (χ0v) is 12.3. The van der Waals surface area contributed by atoms with Crippen LogP contribution in [0.15, 0.2) is 58.9 Å². The van der Waals surface area contributed by atoms with Gasteiger partial charge in [0.1, 0.15) is 29.4 Å². The first-order valence-corrected chi connectivity index (χ1v) is 6.80. The first-order chi connectivity index (χ1) is 11.2. The summed E-state index contributed by atoms with van der Waals surface area (Å²) in [4.78, 5) is 22.3. The number of aromatic nitrogens is 4. The molecule has 0 bridgehead atoms. The van der Waals surface area contributed by atoms with Gasteiger partial charge in [-0.05, 0) is 29.4 Å². The molecule has 0 N–H and O–H groups in total. The van der Waals surface area contributed by atoms with Crippen molar-refractivity contribution in [1.29, 1.82) is 0 Å². The standard InChI is InChI=1S/C15H13N5O3/c1-19-9-12(8-16-19)20-7-6-15(21)14(17-20)10-23-13-4-2-11(18-22)3-5-13/h2-9H,10H2,1H3. The lowest BCUT2D eigenvalue weighted by atomic mass is 10.3. The Balaban J connectivity index is 1.79. The van der Waals surface area contributed by atoms with Gasteiger partial charge in [-0.2, -0.15) is 10.2 Å². The lowest BCUT2D eigenvalue weighted by molar-refractivity contribution is 0.297. The highest BCUT2D eigenvalue weighted by atomic mass is 16.5. The zero-order chi connectivity index (χ0) is 16.2. The van der Waals surface area contributed by atoms with Gasteiger partial charge in [-0.3, -0.25) is 9.48 Å². The summed E-state index contributed by atoms with van der Waals surface area (Å²) in [5.74, 6) is 0.524. The Hall–Kier alpha value is -3.29. The average molecular weight is 311 g/mol. The molecule has 0 unspecified atom stereocenters. The van der Waals surface area contributed by atoms with Gasteiger partial charge in [0, 0.05) is 19.3 Å². The Bertz CT molecular complexity index is 883. The second kappa shape index (κ2) is 6.22. The summed E-state index contributed by atoms with van der Waals surface area (Å²) in [6.45, 7) is 0.0216. The minimum atomic E-state index is -0.212. The van der Waals surface area contributed by atoms with Crippen molar-refractivity contribution in [3.05, 3.63) is 69.7 Å². The predicted molar refractivity (Wildman–Crippen MR) is 82.8 cm³/mol. The molecule has 8 heteroatoms. The molecule has 23 heavy (non-hydrogen) atoms. The van der Waals surface area contributed by atoms with E-state index in [0.29, 0.717) is 11.4 Å². The fourth-order valence-electron chi connectivity index (χ4n) is 1.97. The second-order valence-corrected chi connectivity index (χ2v) is 4.82. The first kappa shape index (κ1) is 14.6. The second-order valence-electron chi connectivity index (χ2n) is 4.82. The first-order valence-electron chi connectivity index (χ1n) is 6.80. The van der Waals surface area contributed by atoms with Gasteiger partial charge in [0.25, 0.3) is 0 Å². The fraction of sp³-hybridized carbons (Fsp3) is 0.133. The van der Waals surface area contributed by atoms with Crippen molar-refractivity contribution in [3.63, 3.8) is 0 Å². The van der Waals surface area contributed by atoms with Gasteiger partial charge < -0.3 is 4.74 Å². The molecule has 3 rings (SSSR count). The van der Waals surface area contributed by atoms with Crippen LogP contribution in [0.2, 0.25) is 0 Å². The summed E-state index contributed by atoms with van der Waals surface area (Å²) >= 11 is 0. The summed E-state index contributed by atoms with van der Waals surface area (Å²) in [7, 11) is 1.80. The summed E-state index contributed by atoms with van der Waals surface area (Å²) in [6, 6.07) is 7.72. The highest BCUT2D eigenvalue weighted by molar-refractivity contribution is 5.40. The van der Waals surface area contributed by atoms with E-state index in [0.717, 1.165) is 5.69 Å². The molecule has 116 valence electrons. The van der Waals surface area contributed by atoms with Gasteiger partial charge in [-0.1, -0.05) is 0 Å². The van der Waals surface area contributed by atoms with Crippen molar-refractivity contribution < 1.29 is 4.74 Å². The Morgan fingerprint density at radius 3 is 2.65 bits per heavy atom. The third-order valence-corrected chi connectivity index (χ3v) is 3.15. The van der Waals surface area contributed by atoms with Crippen LogP contribution in [0.3, 0.4) is 0 Å². The van der Waals surface area contributed by atoms with Gasteiger partial charge in [0.15, 0.2) is 0 Å². The minimum Gasteiger partial charge on any atom is -0.487 e. The van der Waals surface area contributed by atoms with Crippen LogP contribution in [-0.2, 0) is 13.7 Å². The largest absolute Gasteiger partial charge is 0.487 e. The molecule has 3 aromatic rings. The van der Waals surface area contributed by atoms with Crippen LogP contribution in [0.1, 0.15) is 5.69 Å². The van der Waals surface area contributed by atoms with Gasteiger partial charge >= 0.3 is 0 Å². The monoisotopic (exact) mass is 311 g/mol. The number of hydrogen-bond acceptors (Lipinski definition) is 6. The van der Waals surface area contributed by atoms with E-state index in [9.17, 15) is 9.70 Å². The maximum absolute atomic E-state index is 11.9. The molecule has 0 saturated heterocycles. The van der Waals surface area contributed by atoms with Crippen LogP contribution in [-0.4, -0.2) is 19.6 Å². The van der Waals surface area contributed by atoms with Gasteiger partial charge in [-0.25, -0.2) is 4.68 Å². The maximum Gasteiger partial charge on any atom is 0.206 e. The third kappa shape index (κ3) is 3.31. The zero-order valence-electron chi connectivity index (χ0n) is 12.3. The SMILES string of the molecule is Cn1cc(-n2ccc(=O)c(COc3ccc(N=O)cc3)n2)cn1. The lowest BCUT2D eigenvalue weighted by Gasteiger charge is -2.07. The number of hydrogen-bond donors (Lipinski definition) is 0. The topological polar surface area (TPSA) is 91.4 Å². The van der Waals surface area contributed by atoms with E-state index in [1.54, 1.807) is 47.1 Å². The number of benzene rings is 1. The number of nitroso groups, excluding NO2 is 1. The van der Waals surface area contributed by atoms with E-state index < -0.39 is 0 Å². The van der Waals surface area contributed by atoms with Crippen LogP contribution in [0, 0.1) is 4.91 Å². The summed E-state index contributed by atoms with van der Waals surface area (Å²) in [6.07, 6.45) is 5.01. The molecule has 1 aromatic carbocycles. The minimum absolute atomic E-state index is 0.0216. The number of aryl methyl sites for hydroxylation is 1. The molecular formula is C15H13N5O3. The number of nitrogens with zero attached hydrogens (tertiary/aromatic N) is 5. The van der Waals surface area contributed by atoms with Crippen molar-refractivity contribution in [3.8, 4) is 11.4 Å². The van der Waals surface area contributed by atoms with Gasteiger partial charge in [-0.15, -0.1) is 4.91 Å². The predicted octanol–water partition coefficient (Wildman–Crippen LogP) is 1.94. The van der Waals surface area contributed by atoms with E-state index in [1.165, 1.54) is 18.2 Å². The smallest absolute Gasteiger partial charge is 0.206 e. The van der Waals surface area contributed by atoms with Crippen LogP contribution < -0.4 is 10.2 Å². The summed E-state index contributed by atoms with van der Waals surface area (Å²) in [5, 5.41) is 11.1. The molecule has 0 saturated carbocycles. The Kier molecular flexibility index (Phi) is 3.96. The van der Waals surface area contributed by atoms with Crippen LogP contribution >= 0.6 is 0 Å². The third-order valence-electron chi connectivity index (χ3n) is 3.15. The average Bonchev–Trinajstić information content (AvgIpc) is 3.01. The number of rotatable bonds is 5. The van der Waals surface area contributed by atoms with Crippen molar-refractivity contribution in [2.45, 2.75) is 6.61 Å². The molecule has 0 fully saturated rings. The van der Waals surface area contributed by atoms with Crippen molar-refractivity contribution in [2.24, 2.45) is 12.2 Å². The van der Waals surface area contributed by atoms with Crippen molar-refractivity contribution in [1.82, 2.24) is 19.6 Å². The van der Waals surface area contributed by atoms with E-state index >= 15 is 0 Å². The molecule has 2 aromatic heterocycles. The van der Waals surface area contributed by atoms with Crippen molar-refractivity contribution in [2.75, 3.05) is 0 Å². The molecule has 0 atom stereocenters. The van der Waals surface area contributed by atoms with E-state index in [-0.39, 0.29) is 17.7 Å². The normalized spacial score (nSPS) is 10.5. The Morgan fingerprint density at radius 2 is 2.00 bits per heavy atom. The molecule has 2 heterocycles. The van der Waals surface area contributed by atoms with E-state index in [4.69, 9.17) is 4.74 Å².